The van der Waals surface area contributed by atoms with E-state index in [1.807, 2.05) is 0 Å². The van der Waals surface area contributed by atoms with Gasteiger partial charge in [0.15, 0.2) is 0 Å². The minimum absolute atomic E-state index is 0.829. The van der Waals surface area contributed by atoms with Crippen LogP contribution in [0.5, 0.6) is 0 Å². The highest BCUT2D eigenvalue weighted by molar-refractivity contribution is 4.74. The van der Waals surface area contributed by atoms with E-state index in [9.17, 15) is 0 Å². The van der Waals surface area contributed by atoms with Crippen LogP contribution in [-0.4, -0.2) is 37.6 Å². The summed E-state index contributed by atoms with van der Waals surface area (Å²) in [5.41, 5.74) is 0. The first-order valence-corrected chi connectivity index (χ1v) is 5.75. The Morgan fingerprint density at radius 3 is 2.85 bits per heavy atom. The van der Waals surface area contributed by atoms with E-state index < -0.39 is 0 Å². The number of nitrogens with zero attached hydrogens (tertiary/aromatic N) is 1. The Morgan fingerprint density at radius 1 is 1.38 bits per heavy atom. The summed E-state index contributed by atoms with van der Waals surface area (Å²) in [4.78, 5) is 2.44. The van der Waals surface area contributed by atoms with Gasteiger partial charge in [-0.2, -0.15) is 0 Å². The van der Waals surface area contributed by atoms with Crippen molar-refractivity contribution < 1.29 is 0 Å². The minimum atomic E-state index is 0.829. The predicted molar refractivity (Wildman–Crippen MR) is 58.0 cm³/mol. The number of nitrogens with one attached hydrogen (secondary N) is 1. The van der Waals surface area contributed by atoms with Gasteiger partial charge in [0.1, 0.15) is 0 Å². The third-order valence-corrected chi connectivity index (χ3v) is 2.86. The topological polar surface area (TPSA) is 15.3 Å². The standard InChI is InChI=1S/C11H24N2/c1-3-9-13(2)10-5-7-11-6-4-8-12-11/h11-12H,3-10H2,1-2H3. The van der Waals surface area contributed by atoms with Gasteiger partial charge >= 0.3 is 0 Å². The highest BCUT2D eigenvalue weighted by Gasteiger charge is 2.12. The zero-order valence-corrected chi connectivity index (χ0v) is 9.18. The maximum absolute atomic E-state index is 3.54. The van der Waals surface area contributed by atoms with Crippen LogP contribution < -0.4 is 5.32 Å². The van der Waals surface area contributed by atoms with Crippen LogP contribution in [0.3, 0.4) is 0 Å². The number of hydrogen-bond donors (Lipinski definition) is 1. The van der Waals surface area contributed by atoms with Crippen LogP contribution in [0, 0.1) is 0 Å². The van der Waals surface area contributed by atoms with E-state index in [1.54, 1.807) is 0 Å². The summed E-state index contributed by atoms with van der Waals surface area (Å²) in [5.74, 6) is 0. The highest BCUT2D eigenvalue weighted by Crippen LogP contribution is 2.10. The Labute approximate surface area is 82.7 Å². The smallest absolute Gasteiger partial charge is 0.00680 e. The van der Waals surface area contributed by atoms with Crippen molar-refractivity contribution in [3.8, 4) is 0 Å². The molecule has 0 radical (unpaired) electrons. The lowest BCUT2D eigenvalue weighted by Gasteiger charge is -2.16. The van der Waals surface area contributed by atoms with E-state index in [2.05, 4.69) is 24.2 Å². The lowest BCUT2D eigenvalue weighted by Crippen LogP contribution is -2.25. The molecule has 2 nitrogen and oxygen atoms in total. The number of rotatable bonds is 6. The van der Waals surface area contributed by atoms with E-state index in [1.165, 1.54) is 51.7 Å². The summed E-state index contributed by atoms with van der Waals surface area (Å²) >= 11 is 0. The Hall–Kier alpha value is -0.0800. The van der Waals surface area contributed by atoms with Crippen LogP contribution >= 0.6 is 0 Å². The van der Waals surface area contributed by atoms with Gasteiger partial charge in [-0.15, -0.1) is 0 Å². The minimum Gasteiger partial charge on any atom is -0.314 e. The summed E-state index contributed by atoms with van der Waals surface area (Å²) < 4.78 is 0. The first-order chi connectivity index (χ1) is 6.33. The molecule has 0 aromatic heterocycles. The summed E-state index contributed by atoms with van der Waals surface area (Å²) in [6, 6.07) is 0.829. The van der Waals surface area contributed by atoms with Gasteiger partial charge in [-0.3, -0.25) is 0 Å². The molecule has 1 rings (SSSR count). The summed E-state index contributed by atoms with van der Waals surface area (Å²) in [6.45, 7) is 6.01. The molecule has 13 heavy (non-hydrogen) atoms. The second-order valence-corrected chi connectivity index (χ2v) is 4.24. The molecule has 0 aromatic carbocycles. The average molecular weight is 184 g/mol. The fourth-order valence-corrected chi connectivity index (χ4v) is 2.10. The van der Waals surface area contributed by atoms with Crippen molar-refractivity contribution >= 4 is 0 Å². The van der Waals surface area contributed by atoms with Crippen LogP contribution in [0.4, 0.5) is 0 Å². The van der Waals surface area contributed by atoms with Crippen molar-refractivity contribution in [2.75, 3.05) is 26.7 Å². The first-order valence-electron chi connectivity index (χ1n) is 5.75. The van der Waals surface area contributed by atoms with Crippen LogP contribution in [0.15, 0.2) is 0 Å². The third-order valence-electron chi connectivity index (χ3n) is 2.86. The molecule has 1 unspecified atom stereocenters. The number of hydrogen-bond acceptors (Lipinski definition) is 2. The van der Waals surface area contributed by atoms with Crippen molar-refractivity contribution in [2.24, 2.45) is 0 Å². The predicted octanol–water partition coefficient (Wildman–Crippen LogP) is 1.86. The maximum Gasteiger partial charge on any atom is 0.00680 e. The zero-order chi connectivity index (χ0) is 9.52. The van der Waals surface area contributed by atoms with E-state index in [4.69, 9.17) is 0 Å². The molecule has 78 valence electrons. The Morgan fingerprint density at radius 2 is 2.23 bits per heavy atom. The molecule has 1 aliphatic rings. The second-order valence-electron chi connectivity index (χ2n) is 4.24. The van der Waals surface area contributed by atoms with Crippen molar-refractivity contribution in [3.05, 3.63) is 0 Å². The van der Waals surface area contributed by atoms with Crippen molar-refractivity contribution in [1.29, 1.82) is 0 Å². The molecule has 2 heteroatoms. The van der Waals surface area contributed by atoms with Gasteiger partial charge in [-0.1, -0.05) is 6.92 Å². The van der Waals surface area contributed by atoms with E-state index in [-0.39, 0.29) is 0 Å². The van der Waals surface area contributed by atoms with Gasteiger partial charge in [-0.25, -0.2) is 0 Å². The fourth-order valence-electron chi connectivity index (χ4n) is 2.10. The molecular weight excluding hydrogens is 160 g/mol. The quantitative estimate of drug-likeness (QED) is 0.678. The molecule has 1 heterocycles. The van der Waals surface area contributed by atoms with E-state index in [0.717, 1.165) is 6.04 Å². The molecule has 0 amide bonds. The molecule has 1 saturated heterocycles. The van der Waals surface area contributed by atoms with Gasteiger partial charge in [0.05, 0.1) is 0 Å². The normalized spacial score (nSPS) is 22.8. The second kappa shape index (κ2) is 6.39. The van der Waals surface area contributed by atoms with E-state index in [0.29, 0.717) is 0 Å². The van der Waals surface area contributed by atoms with Gasteiger partial charge < -0.3 is 10.2 Å². The van der Waals surface area contributed by atoms with Crippen molar-refractivity contribution in [1.82, 2.24) is 10.2 Å². The molecule has 0 aliphatic carbocycles. The van der Waals surface area contributed by atoms with Crippen molar-refractivity contribution in [2.45, 2.75) is 45.1 Å². The molecule has 0 saturated carbocycles. The van der Waals surface area contributed by atoms with Crippen LogP contribution in [0.1, 0.15) is 39.0 Å². The van der Waals surface area contributed by atoms with Gasteiger partial charge in [0.2, 0.25) is 0 Å². The fraction of sp³-hybridized carbons (Fsp3) is 1.00. The van der Waals surface area contributed by atoms with Gasteiger partial charge in [-0.05, 0) is 58.8 Å². The Bertz CT molecular complexity index is 119. The van der Waals surface area contributed by atoms with Crippen LogP contribution in [0.2, 0.25) is 0 Å². The van der Waals surface area contributed by atoms with Crippen LogP contribution in [0.25, 0.3) is 0 Å². The third kappa shape index (κ3) is 4.63. The molecule has 1 N–H and O–H groups in total. The SMILES string of the molecule is CCCN(C)CCCC1CCCN1. The zero-order valence-electron chi connectivity index (χ0n) is 9.18. The average Bonchev–Trinajstić information content (AvgIpc) is 2.57. The van der Waals surface area contributed by atoms with Crippen LogP contribution in [-0.2, 0) is 0 Å². The first kappa shape index (κ1) is 11.0. The molecule has 1 fully saturated rings. The molecule has 0 spiro atoms. The summed E-state index contributed by atoms with van der Waals surface area (Å²) in [6.07, 6.45) is 6.79. The van der Waals surface area contributed by atoms with Gasteiger partial charge in [0.25, 0.3) is 0 Å². The molecule has 1 aliphatic heterocycles. The van der Waals surface area contributed by atoms with Crippen molar-refractivity contribution in [3.63, 3.8) is 0 Å². The summed E-state index contributed by atoms with van der Waals surface area (Å²) in [7, 11) is 2.23. The monoisotopic (exact) mass is 184 g/mol. The molecule has 1 atom stereocenters. The molecular formula is C11H24N2. The largest absolute Gasteiger partial charge is 0.314 e. The highest BCUT2D eigenvalue weighted by atomic mass is 15.1. The summed E-state index contributed by atoms with van der Waals surface area (Å²) in [5, 5.41) is 3.54. The van der Waals surface area contributed by atoms with Gasteiger partial charge in [0, 0.05) is 6.04 Å². The lowest BCUT2D eigenvalue weighted by atomic mass is 10.1. The lowest BCUT2D eigenvalue weighted by molar-refractivity contribution is 0.319. The maximum atomic E-state index is 3.54. The molecule has 0 bridgehead atoms. The Kier molecular flexibility index (Phi) is 5.40. The Balaban J connectivity index is 1.93. The van der Waals surface area contributed by atoms with E-state index >= 15 is 0 Å². The molecule has 0 aromatic rings.